The van der Waals surface area contributed by atoms with Gasteiger partial charge in [-0.05, 0) is 50.2 Å². The van der Waals surface area contributed by atoms with E-state index in [1.54, 1.807) is 16.8 Å². The first-order valence-electron chi connectivity index (χ1n) is 7.65. The van der Waals surface area contributed by atoms with Crippen LogP contribution in [0.3, 0.4) is 0 Å². The van der Waals surface area contributed by atoms with Gasteiger partial charge in [0.25, 0.3) is 0 Å². The zero-order valence-electron chi connectivity index (χ0n) is 14.0. The number of nitrogens with zero attached hydrogens (tertiary/aromatic N) is 3. The molecule has 132 valence electrons. The Morgan fingerprint density at radius 2 is 1.85 bits per heavy atom. The van der Waals surface area contributed by atoms with Gasteiger partial charge < -0.3 is 4.74 Å². The van der Waals surface area contributed by atoms with Crippen LogP contribution in [0.25, 0.3) is 5.69 Å². The molecule has 0 unspecified atom stereocenters. The van der Waals surface area contributed by atoms with Crippen LogP contribution < -0.4 is 4.74 Å². The lowest BCUT2D eigenvalue weighted by molar-refractivity contribution is -0.385. The van der Waals surface area contributed by atoms with Crippen LogP contribution in [0.1, 0.15) is 21.7 Å². The molecule has 0 amide bonds. The highest BCUT2D eigenvalue weighted by Crippen LogP contribution is 2.28. The van der Waals surface area contributed by atoms with E-state index in [1.165, 1.54) is 12.1 Å². The molecule has 0 aliphatic heterocycles. The number of halogens is 1. The summed E-state index contributed by atoms with van der Waals surface area (Å²) in [5, 5.41) is 15.3. The monoisotopic (exact) mass is 355 g/mol. The van der Waals surface area contributed by atoms with Crippen molar-refractivity contribution in [3.8, 4) is 11.4 Å². The van der Waals surface area contributed by atoms with E-state index in [9.17, 15) is 19.3 Å². The van der Waals surface area contributed by atoms with E-state index in [0.717, 1.165) is 35.3 Å². The fraction of sp³-hybridized carbons (Fsp3) is 0.111. The molecule has 0 N–H and O–H groups in total. The Morgan fingerprint density at radius 3 is 2.42 bits per heavy atom. The first kappa shape index (κ1) is 17.3. The Balaban J connectivity index is 1.84. The van der Waals surface area contributed by atoms with E-state index in [2.05, 4.69) is 5.10 Å². The summed E-state index contributed by atoms with van der Waals surface area (Å²) in [6, 6.07) is 11.0. The van der Waals surface area contributed by atoms with Gasteiger partial charge in [-0.25, -0.2) is 13.9 Å². The summed E-state index contributed by atoms with van der Waals surface area (Å²) in [5.74, 6) is -2.00. The van der Waals surface area contributed by atoms with Crippen LogP contribution >= 0.6 is 0 Å². The van der Waals surface area contributed by atoms with Crippen LogP contribution in [0.4, 0.5) is 10.1 Å². The minimum atomic E-state index is -0.821. The van der Waals surface area contributed by atoms with Crippen LogP contribution in [0, 0.1) is 29.8 Å². The van der Waals surface area contributed by atoms with Crippen LogP contribution in [0.5, 0.6) is 5.75 Å². The number of nitro groups is 1. The predicted molar refractivity (Wildman–Crippen MR) is 91.1 cm³/mol. The van der Waals surface area contributed by atoms with Crippen molar-refractivity contribution in [2.75, 3.05) is 0 Å². The van der Waals surface area contributed by atoms with Gasteiger partial charge in [0.15, 0.2) is 0 Å². The Bertz CT molecular complexity index is 996. The standard InChI is InChI=1S/C18H14FN3O4/c1-11-9-12(2)21(20-11)15-6-3-13(4-7-15)18(23)26-17-10-14(19)5-8-16(17)22(24)25/h3-10H,1-2H3. The molecule has 0 saturated carbocycles. The summed E-state index contributed by atoms with van der Waals surface area (Å²) < 4.78 is 20.0. The molecule has 0 aliphatic rings. The van der Waals surface area contributed by atoms with E-state index in [-0.39, 0.29) is 5.56 Å². The molecule has 0 fully saturated rings. The maximum atomic E-state index is 13.3. The molecule has 7 nitrogen and oxygen atoms in total. The first-order chi connectivity index (χ1) is 12.3. The Hall–Kier alpha value is -3.55. The molecule has 0 aliphatic carbocycles. The second-order valence-corrected chi connectivity index (χ2v) is 5.64. The van der Waals surface area contributed by atoms with Crippen molar-refractivity contribution < 1.29 is 18.8 Å². The van der Waals surface area contributed by atoms with E-state index in [0.29, 0.717) is 0 Å². The average Bonchev–Trinajstić information content (AvgIpc) is 2.93. The van der Waals surface area contributed by atoms with E-state index in [1.807, 2.05) is 19.9 Å². The Kier molecular flexibility index (Phi) is 4.49. The van der Waals surface area contributed by atoms with Gasteiger partial charge in [-0.2, -0.15) is 5.10 Å². The number of carbonyl (C=O) groups is 1. The molecular weight excluding hydrogens is 341 g/mol. The molecule has 1 heterocycles. The molecule has 0 spiro atoms. The largest absolute Gasteiger partial charge is 0.415 e. The van der Waals surface area contributed by atoms with E-state index < -0.39 is 28.1 Å². The number of nitro benzene ring substituents is 1. The molecule has 0 radical (unpaired) electrons. The number of aromatic nitrogens is 2. The van der Waals surface area contributed by atoms with Gasteiger partial charge in [0.05, 0.1) is 21.9 Å². The highest BCUT2D eigenvalue weighted by Gasteiger charge is 2.20. The zero-order chi connectivity index (χ0) is 18.8. The maximum Gasteiger partial charge on any atom is 0.343 e. The van der Waals surface area contributed by atoms with Crippen molar-refractivity contribution in [3.63, 3.8) is 0 Å². The van der Waals surface area contributed by atoms with E-state index in [4.69, 9.17) is 4.74 Å². The molecule has 0 bridgehead atoms. The summed E-state index contributed by atoms with van der Waals surface area (Å²) in [5.41, 5.74) is 2.24. The third kappa shape index (κ3) is 3.44. The number of hydrogen-bond donors (Lipinski definition) is 0. The highest BCUT2D eigenvalue weighted by molar-refractivity contribution is 5.91. The van der Waals surface area contributed by atoms with Crippen LogP contribution in [0.15, 0.2) is 48.5 Å². The van der Waals surface area contributed by atoms with Crippen molar-refractivity contribution in [1.82, 2.24) is 9.78 Å². The van der Waals surface area contributed by atoms with Gasteiger partial charge in [0.2, 0.25) is 5.75 Å². The van der Waals surface area contributed by atoms with Crippen molar-refractivity contribution in [3.05, 3.63) is 81.4 Å². The molecule has 2 aromatic carbocycles. The first-order valence-corrected chi connectivity index (χ1v) is 7.65. The third-order valence-corrected chi connectivity index (χ3v) is 3.68. The Labute approximate surface area is 147 Å². The summed E-state index contributed by atoms with van der Waals surface area (Å²) in [7, 11) is 0. The number of hydrogen-bond acceptors (Lipinski definition) is 5. The van der Waals surface area contributed by atoms with Crippen molar-refractivity contribution in [2.24, 2.45) is 0 Å². The van der Waals surface area contributed by atoms with Gasteiger partial charge in [0.1, 0.15) is 5.82 Å². The van der Waals surface area contributed by atoms with E-state index >= 15 is 0 Å². The van der Waals surface area contributed by atoms with Crippen molar-refractivity contribution in [2.45, 2.75) is 13.8 Å². The fourth-order valence-corrected chi connectivity index (χ4v) is 2.51. The van der Waals surface area contributed by atoms with Gasteiger partial charge in [-0.15, -0.1) is 0 Å². The molecule has 3 aromatic rings. The second kappa shape index (κ2) is 6.75. The predicted octanol–water partition coefficient (Wildman–Crippen LogP) is 3.76. The normalized spacial score (nSPS) is 10.6. The van der Waals surface area contributed by atoms with Gasteiger partial charge >= 0.3 is 11.7 Å². The van der Waals surface area contributed by atoms with Gasteiger partial charge in [-0.1, -0.05) is 0 Å². The number of ether oxygens (including phenoxy) is 1. The lowest BCUT2D eigenvalue weighted by Crippen LogP contribution is -2.10. The minimum Gasteiger partial charge on any atom is -0.415 e. The number of rotatable bonds is 4. The van der Waals surface area contributed by atoms with Crippen LogP contribution in [-0.2, 0) is 0 Å². The fourth-order valence-electron chi connectivity index (χ4n) is 2.51. The molecule has 1 aromatic heterocycles. The van der Waals surface area contributed by atoms with Gasteiger partial charge in [0, 0.05) is 17.8 Å². The average molecular weight is 355 g/mol. The summed E-state index contributed by atoms with van der Waals surface area (Å²) in [4.78, 5) is 22.5. The third-order valence-electron chi connectivity index (χ3n) is 3.68. The second-order valence-electron chi connectivity index (χ2n) is 5.64. The number of carbonyl (C=O) groups excluding carboxylic acids is 1. The molecule has 0 atom stereocenters. The number of benzene rings is 2. The molecule has 0 saturated heterocycles. The Morgan fingerprint density at radius 1 is 1.15 bits per heavy atom. The van der Waals surface area contributed by atoms with Crippen LogP contribution in [-0.4, -0.2) is 20.7 Å². The summed E-state index contributed by atoms with van der Waals surface area (Å²) in [6.07, 6.45) is 0. The smallest absolute Gasteiger partial charge is 0.343 e. The number of aryl methyl sites for hydroxylation is 2. The quantitative estimate of drug-likeness (QED) is 0.308. The lowest BCUT2D eigenvalue weighted by Gasteiger charge is -2.07. The van der Waals surface area contributed by atoms with Crippen molar-refractivity contribution >= 4 is 11.7 Å². The van der Waals surface area contributed by atoms with Gasteiger partial charge in [-0.3, -0.25) is 10.1 Å². The summed E-state index contributed by atoms with van der Waals surface area (Å²) in [6.45, 7) is 3.78. The lowest BCUT2D eigenvalue weighted by atomic mass is 10.2. The molecule has 26 heavy (non-hydrogen) atoms. The summed E-state index contributed by atoms with van der Waals surface area (Å²) >= 11 is 0. The highest BCUT2D eigenvalue weighted by atomic mass is 19.1. The topological polar surface area (TPSA) is 87.3 Å². The molecule has 3 rings (SSSR count). The zero-order valence-corrected chi connectivity index (χ0v) is 14.0. The maximum absolute atomic E-state index is 13.3. The SMILES string of the molecule is Cc1cc(C)n(-c2ccc(C(=O)Oc3cc(F)ccc3[N+](=O)[O-])cc2)n1. The molecular formula is C18H14FN3O4. The van der Waals surface area contributed by atoms with Crippen molar-refractivity contribution in [1.29, 1.82) is 0 Å². The minimum absolute atomic E-state index is 0.175. The van der Waals surface area contributed by atoms with Crippen LogP contribution in [0.2, 0.25) is 0 Å². The number of esters is 1. The molecule has 8 heteroatoms.